The minimum Gasteiger partial charge on any atom is -0.386 e. The maximum atomic E-state index is 14.2. The first kappa shape index (κ1) is 24.2. The Morgan fingerprint density at radius 1 is 1.35 bits per heavy atom. The number of allylic oxidation sites excluding steroid dienone is 3. The summed E-state index contributed by atoms with van der Waals surface area (Å²) in [5, 5.41) is 4.37. The summed E-state index contributed by atoms with van der Waals surface area (Å²) < 4.78 is 28.4. The first-order chi connectivity index (χ1) is 11.8. The third-order valence-corrected chi connectivity index (χ3v) is 3.49. The Kier molecular flexibility index (Phi) is 10.2. The number of carbonyl (C=O) groups is 3. The molecule has 1 saturated heterocycles. The predicted molar refractivity (Wildman–Crippen MR) is 88.3 cm³/mol. The fraction of sp³-hybridized carbons (Fsp3) is 0.471. The Balaban J connectivity index is 0.00000201. The predicted octanol–water partition coefficient (Wildman–Crippen LogP) is 1.31. The second-order valence-electron chi connectivity index (χ2n) is 5.36. The van der Waals surface area contributed by atoms with Gasteiger partial charge in [-0.25, -0.2) is 4.39 Å². The van der Waals surface area contributed by atoms with Crippen LogP contribution in [-0.2, 0) is 35.4 Å². The van der Waals surface area contributed by atoms with Crippen LogP contribution in [0.2, 0.25) is 0 Å². The van der Waals surface area contributed by atoms with Crippen molar-refractivity contribution < 1.29 is 44.2 Å². The normalized spacial score (nSPS) is 22.2. The van der Waals surface area contributed by atoms with Crippen LogP contribution in [0.3, 0.4) is 0 Å². The van der Waals surface area contributed by atoms with Gasteiger partial charge in [0.1, 0.15) is 12.2 Å². The zero-order valence-corrected chi connectivity index (χ0v) is 18.0. The standard InChI is InChI=1S/C15H16F2N3O3.C2H6.W/c1-20(2)10-5-3-4-8(12(16)13(10)17)14(22)18-9-6-7-11(21)19-15(9)23;1-2;/h3,5,9,13H,6-7H2,1-2H3,(H,18,22)(H,19,21,23);1-2H3;/q-1;;. The minimum absolute atomic E-state index is 0. The summed E-state index contributed by atoms with van der Waals surface area (Å²) in [5.74, 6) is -3.33. The van der Waals surface area contributed by atoms with E-state index in [0.717, 1.165) is 0 Å². The van der Waals surface area contributed by atoms with E-state index in [0.29, 0.717) is 0 Å². The number of piperidine rings is 1. The summed E-state index contributed by atoms with van der Waals surface area (Å²) in [6.07, 6.45) is 3.02. The molecule has 2 N–H and O–H groups in total. The van der Waals surface area contributed by atoms with E-state index in [1.165, 1.54) is 17.1 Å². The minimum atomic E-state index is -2.10. The molecule has 1 aliphatic heterocycles. The first-order valence-electron chi connectivity index (χ1n) is 7.96. The molecular formula is C17H22F2N3O3W-. The monoisotopic (exact) mass is 538 g/mol. The Labute approximate surface area is 166 Å². The van der Waals surface area contributed by atoms with Gasteiger partial charge in [0.05, 0.1) is 5.83 Å². The van der Waals surface area contributed by atoms with E-state index in [1.54, 1.807) is 14.1 Å². The van der Waals surface area contributed by atoms with Crippen molar-refractivity contribution in [1.29, 1.82) is 0 Å². The van der Waals surface area contributed by atoms with Crippen LogP contribution in [0.15, 0.2) is 29.2 Å². The molecule has 2 unspecified atom stereocenters. The van der Waals surface area contributed by atoms with Gasteiger partial charge in [0.25, 0.3) is 0 Å². The van der Waals surface area contributed by atoms with Crippen molar-refractivity contribution in [2.75, 3.05) is 14.1 Å². The molecule has 2 atom stereocenters. The average molecular weight is 538 g/mol. The number of alkyl halides is 1. The molecule has 1 aliphatic carbocycles. The van der Waals surface area contributed by atoms with E-state index in [9.17, 15) is 23.2 Å². The van der Waals surface area contributed by atoms with Crippen LogP contribution in [0.4, 0.5) is 8.78 Å². The van der Waals surface area contributed by atoms with E-state index in [2.05, 4.69) is 16.7 Å². The number of nitrogens with zero attached hydrogens (tertiary/aromatic N) is 1. The number of halogens is 2. The van der Waals surface area contributed by atoms with Crippen molar-refractivity contribution in [2.24, 2.45) is 0 Å². The molecule has 0 aromatic carbocycles. The fourth-order valence-electron chi connectivity index (χ4n) is 2.23. The Hall–Kier alpha value is -1.82. The molecule has 144 valence electrons. The third-order valence-electron chi connectivity index (χ3n) is 3.49. The summed E-state index contributed by atoms with van der Waals surface area (Å²) >= 11 is 0. The molecule has 9 heteroatoms. The largest absolute Gasteiger partial charge is 0.386 e. The zero-order valence-electron chi connectivity index (χ0n) is 15.1. The molecule has 6 nitrogen and oxygen atoms in total. The van der Waals surface area contributed by atoms with Crippen LogP contribution >= 0.6 is 0 Å². The quantitative estimate of drug-likeness (QED) is 0.420. The molecule has 0 spiro atoms. The van der Waals surface area contributed by atoms with Gasteiger partial charge in [-0.15, -0.1) is 18.2 Å². The smallest absolute Gasteiger partial charge is 0.248 e. The number of carbonyl (C=O) groups excluding carboxylic acids is 3. The molecule has 0 aromatic rings. The van der Waals surface area contributed by atoms with Gasteiger partial charge >= 0.3 is 0 Å². The molecule has 3 amide bonds. The van der Waals surface area contributed by atoms with Crippen LogP contribution < -0.4 is 10.6 Å². The maximum absolute atomic E-state index is 14.2. The summed E-state index contributed by atoms with van der Waals surface area (Å²) in [6, 6.07) is -0.968. The maximum Gasteiger partial charge on any atom is 0.248 e. The number of nitrogens with one attached hydrogen (secondary N) is 2. The number of rotatable bonds is 3. The van der Waals surface area contributed by atoms with Crippen LogP contribution in [0.5, 0.6) is 0 Å². The van der Waals surface area contributed by atoms with E-state index in [4.69, 9.17) is 0 Å². The number of hydrogen-bond acceptors (Lipinski definition) is 4. The molecule has 26 heavy (non-hydrogen) atoms. The molecule has 0 radical (unpaired) electrons. The van der Waals surface area contributed by atoms with Gasteiger partial charge in [-0.1, -0.05) is 19.4 Å². The van der Waals surface area contributed by atoms with Crippen molar-refractivity contribution >= 4 is 17.7 Å². The third kappa shape index (κ3) is 5.87. The van der Waals surface area contributed by atoms with E-state index >= 15 is 0 Å². The summed E-state index contributed by atoms with van der Waals surface area (Å²) in [6.45, 7) is 4.00. The van der Waals surface area contributed by atoms with Gasteiger partial charge in [0, 0.05) is 47.3 Å². The molecule has 1 heterocycles. The molecule has 0 aromatic heterocycles. The van der Waals surface area contributed by atoms with Gasteiger partial charge in [-0.3, -0.25) is 19.3 Å². The van der Waals surface area contributed by atoms with Crippen molar-refractivity contribution in [3.63, 3.8) is 0 Å². The van der Waals surface area contributed by atoms with E-state index in [-0.39, 0.29) is 39.6 Å². The SMILES string of the molecule is CC.CN(C)C1=CC=[C-]C(C(=O)NC2CCC(=O)NC2=O)=C(F)C1F.[W]. The van der Waals surface area contributed by atoms with Gasteiger partial charge < -0.3 is 15.0 Å². The van der Waals surface area contributed by atoms with Gasteiger partial charge in [0.15, 0.2) is 5.91 Å². The van der Waals surface area contributed by atoms with Gasteiger partial charge in [0.2, 0.25) is 11.8 Å². The van der Waals surface area contributed by atoms with Crippen LogP contribution in [-0.4, -0.2) is 48.9 Å². The van der Waals surface area contributed by atoms with Gasteiger partial charge in [-0.05, 0) is 6.42 Å². The fourth-order valence-corrected chi connectivity index (χ4v) is 2.23. The second kappa shape index (κ2) is 11.0. The molecule has 2 rings (SSSR count). The Morgan fingerprint density at radius 3 is 2.50 bits per heavy atom. The van der Waals surface area contributed by atoms with Gasteiger partial charge in [-0.2, -0.15) is 0 Å². The topological polar surface area (TPSA) is 78.5 Å². The molecule has 0 saturated carbocycles. The number of amides is 3. The first-order valence-corrected chi connectivity index (χ1v) is 7.96. The second-order valence-corrected chi connectivity index (χ2v) is 5.36. The molecule has 2 aliphatic rings. The molecule has 1 fully saturated rings. The molecular weight excluding hydrogens is 516 g/mol. The number of hydrogen-bond donors (Lipinski definition) is 2. The van der Waals surface area contributed by atoms with Crippen LogP contribution in [0, 0.1) is 6.08 Å². The van der Waals surface area contributed by atoms with Crippen LogP contribution in [0.25, 0.3) is 0 Å². The number of imide groups is 1. The van der Waals surface area contributed by atoms with Crippen molar-refractivity contribution in [1.82, 2.24) is 15.5 Å². The summed E-state index contributed by atoms with van der Waals surface area (Å²) in [4.78, 5) is 36.2. The van der Waals surface area contributed by atoms with E-state index < -0.39 is 41.3 Å². The van der Waals surface area contributed by atoms with Crippen molar-refractivity contribution in [2.45, 2.75) is 38.9 Å². The summed E-state index contributed by atoms with van der Waals surface area (Å²) in [5.41, 5.74) is -0.561. The zero-order chi connectivity index (χ0) is 19.1. The molecule has 0 bridgehead atoms. The summed E-state index contributed by atoms with van der Waals surface area (Å²) in [7, 11) is 3.10. The van der Waals surface area contributed by atoms with Crippen LogP contribution in [0.1, 0.15) is 26.7 Å². The van der Waals surface area contributed by atoms with Crippen molar-refractivity contribution in [3.8, 4) is 0 Å². The Bertz CT molecular complexity index is 645. The van der Waals surface area contributed by atoms with Crippen molar-refractivity contribution in [3.05, 3.63) is 35.3 Å². The average Bonchev–Trinajstić information content (AvgIpc) is 2.72. The Morgan fingerprint density at radius 2 is 1.96 bits per heavy atom. The van der Waals surface area contributed by atoms with E-state index in [1.807, 2.05) is 13.8 Å².